The van der Waals surface area contributed by atoms with E-state index in [1.54, 1.807) is 0 Å². The smallest absolute Gasteiger partial charge is 0.195 e. The van der Waals surface area contributed by atoms with E-state index in [0.717, 1.165) is 12.8 Å². The Bertz CT molecular complexity index is 3910. The highest BCUT2D eigenvalue weighted by molar-refractivity contribution is 7.26. The second-order valence-corrected chi connectivity index (χ2v) is 28.0. The normalized spacial score (nSPS) is 15.9. The van der Waals surface area contributed by atoms with Crippen molar-refractivity contribution in [1.82, 2.24) is 4.57 Å². The Morgan fingerprint density at radius 1 is 0.647 bits per heavy atom. The zero-order valence-corrected chi connectivity index (χ0v) is 42.6. The number of imidazole rings is 1. The summed E-state index contributed by atoms with van der Waals surface area (Å²) in [5.74, 6) is 0.907. The van der Waals surface area contributed by atoms with E-state index in [9.17, 15) is 0 Å². The molecule has 0 amide bonds. The number of pyridine rings is 2. The minimum absolute atomic E-state index is 0.263. The molecule has 2 aliphatic rings. The molecule has 0 radical (unpaired) electrons. The molecule has 0 bridgehead atoms. The number of hydrogen-bond donors (Lipinski definition) is 0. The number of aryl methyl sites for hydroxylation is 2. The fourth-order valence-electron chi connectivity index (χ4n) is 12.6. The minimum atomic E-state index is -1.65. The average Bonchev–Trinajstić information content (AvgIpc) is 3.88. The summed E-state index contributed by atoms with van der Waals surface area (Å²) in [4.78, 5) is 0. The summed E-state index contributed by atoms with van der Waals surface area (Å²) < 4.78 is 11.0. The number of hydrogen-bond acceptors (Lipinski definition) is 1. The fourth-order valence-corrected chi connectivity index (χ4v) is 14.9. The fraction of sp³-hybridized carbons (Fsp3) is 0.238. The Labute approximate surface area is 405 Å². The molecule has 0 spiro atoms. The average molecular weight is 918 g/mol. The maximum atomic E-state index is 2.75. The van der Waals surface area contributed by atoms with Gasteiger partial charge in [-0.3, -0.25) is 0 Å². The molecule has 0 fully saturated rings. The van der Waals surface area contributed by atoms with Crippen LogP contribution in [0.5, 0.6) is 0 Å². The van der Waals surface area contributed by atoms with Crippen molar-refractivity contribution in [3.63, 3.8) is 0 Å². The molecule has 2 atom stereocenters. The molecule has 13 rings (SSSR count). The summed E-state index contributed by atoms with van der Waals surface area (Å²) in [6.07, 6.45) is 4.50. The van der Waals surface area contributed by atoms with Crippen molar-refractivity contribution >= 4 is 83.0 Å². The van der Waals surface area contributed by atoms with E-state index in [1.165, 1.54) is 131 Å². The quantitative estimate of drug-likeness (QED) is 0.121. The van der Waals surface area contributed by atoms with E-state index in [0.29, 0.717) is 17.8 Å². The van der Waals surface area contributed by atoms with Crippen LogP contribution in [0, 0.1) is 13.8 Å². The van der Waals surface area contributed by atoms with Crippen LogP contribution in [0.4, 0.5) is 0 Å². The van der Waals surface area contributed by atoms with Gasteiger partial charge in [0.15, 0.2) is 23.3 Å². The molecule has 334 valence electrons. The predicted molar refractivity (Wildman–Crippen MR) is 292 cm³/mol. The van der Waals surface area contributed by atoms with Crippen LogP contribution in [0.15, 0.2) is 146 Å². The molecule has 0 N–H and O–H groups in total. The van der Waals surface area contributed by atoms with Crippen LogP contribution < -0.4 is 14.2 Å². The Hall–Kier alpha value is -6.40. The van der Waals surface area contributed by atoms with Gasteiger partial charge in [-0.05, 0) is 113 Å². The van der Waals surface area contributed by atoms with Gasteiger partial charge >= 0.3 is 5.65 Å². The lowest BCUT2D eigenvalue weighted by Crippen LogP contribution is -2.55. The van der Waals surface area contributed by atoms with Crippen molar-refractivity contribution in [1.29, 1.82) is 0 Å². The molecule has 2 unspecified atom stereocenters. The van der Waals surface area contributed by atoms with Gasteiger partial charge in [0.05, 0.1) is 31.4 Å². The van der Waals surface area contributed by atoms with Crippen LogP contribution in [-0.4, -0.2) is 12.6 Å². The van der Waals surface area contributed by atoms with Crippen molar-refractivity contribution in [2.24, 2.45) is 0 Å². The molecule has 3 nitrogen and oxygen atoms in total. The standard InChI is InChI=1S/C63H59N3SSi/c1-36(2)46-29-42(40-17-11-10-12-18-40)30-47(37(3)4)61(46)66-55-22-16-15-21-54(55)65-58-34-57-49(31-50(58)48-33-59-51(32-53(48)63(65)66)52-28-38(5)27-39(6)62(52)67-59)45-25-23-41-19-13-14-20-44(41)60(45)56-26-24-43(35-64(56)57)68(7,8)9/h10-30,32-33,35-37,49,57H,31,34H2,1-9H3/q+2. The highest BCUT2D eigenvalue weighted by atomic mass is 32.1. The van der Waals surface area contributed by atoms with E-state index in [2.05, 4.69) is 220 Å². The molecule has 11 aromatic rings. The van der Waals surface area contributed by atoms with E-state index in [1.807, 2.05) is 11.3 Å². The summed E-state index contributed by atoms with van der Waals surface area (Å²) in [6.45, 7) is 21.6. The maximum Gasteiger partial charge on any atom is 0.300 e. The number of benzene rings is 7. The number of rotatable bonds is 5. The molecule has 1 aliphatic heterocycles. The molecule has 68 heavy (non-hydrogen) atoms. The molecular weight excluding hydrogens is 859 g/mol. The zero-order valence-electron chi connectivity index (χ0n) is 40.8. The zero-order chi connectivity index (χ0) is 46.5. The largest absolute Gasteiger partial charge is 0.300 e. The van der Waals surface area contributed by atoms with Gasteiger partial charge in [0, 0.05) is 48.1 Å². The van der Waals surface area contributed by atoms with Gasteiger partial charge in [-0.1, -0.05) is 144 Å². The second-order valence-electron chi connectivity index (χ2n) is 21.8. The summed E-state index contributed by atoms with van der Waals surface area (Å²) in [5, 5.41) is 9.67. The van der Waals surface area contributed by atoms with Crippen LogP contribution >= 0.6 is 11.3 Å². The number of para-hydroxylation sites is 2. The molecule has 1 aliphatic carbocycles. The molecule has 0 saturated carbocycles. The van der Waals surface area contributed by atoms with Gasteiger partial charge in [-0.25, -0.2) is 0 Å². The lowest BCUT2D eigenvalue weighted by atomic mass is 9.72. The summed E-state index contributed by atoms with van der Waals surface area (Å²) in [6, 6.07) is 54.5. The van der Waals surface area contributed by atoms with Crippen LogP contribution in [0.3, 0.4) is 0 Å². The first kappa shape index (κ1) is 41.8. The van der Waals surface area contributed by atoms with Crippen molar-refractivity contribution in [3.8, 4) is 28.1 Å². The van der Waals surface area contributed by atoms with Gasteiger partial charge in [0.1, 0.15) is 11.4 Å². The molecule has 0 saturated heterocycles. The van der Waals surface area contributed by atoms with Gasteiger partial charge in [0.25, 0.3) is 0 Å². The van der Waals surface area contributed by atoms with Crippen molar-refractivity contribution in [2.45, 2.75) is 97.8 Å². The molecule has 4 aromatic heterocycles. The predicted octanol–water partition coefficient (Wildman–Crippen LogP) is 15.5. The Morgan fingerprint density at radius 2 is 1.38 bits per heavy atom. The Kier molecular flexibility index (Phi) is 9.24. The summed E-state index contributed by atoms with van der Waals surface area (Å²) in [5.41, 5.74) is 20.4. The van der Waals surface area contributed by atoms with Crippen LogP contribution in [0.25, 0.3) is 86.5 Å². The number of fused-ring (bicyclic) bond motifs is 19. The first-order valence-corrected chi connectivity index (χ1v) is 29.2. The Balaban J connectivity index is 1.19. The van der Waals surface area contributed by atoms with Crippen LogP contribution in [0.2, 0.25) is 19.6 Å². The van der Waals surface area contributed by atoms with E-state index >= 15 is 0 Å². The van der Waals surface area contributed by atoms with Crippen molar-refractivity contribution in [2.75, 3.05) is 0 Å². The number of thiophene rings is 1. The molecule has 5 heterocycles. The van der Waals surface area contributed by atoms with Crippen molar-refractivity contribution in [3.05, 3.63) is 185 Å². The van der Waals surface area contributed by atoms with Crippen LogP contribution in [0.1, 0.15) is 90.6 Å². The maximum absolute atomic E-state index is 2.75. The van der Waals surface area contributed by atoms with E-state index in [4.69, 9.17) is 0 Å². The van der Waals surface area contributed by atoms with Gasteiger partial charge in [-0.15, -0.1) is 11.3 Å². The molecule has 5 heteroatoms. The van der Waals surface area contributed by atoms with Crippen molar-refractivity contribution < 1.29 is 8.97 Å². The first-order valence-electron chi connectivity index (χ1n) is 24.9. The second kappa shape index (κ2) is 15.0. The highest BCUT2D eigenvalue weighted by Crippen LogP contribution is 2.50. The highest BCUT2D eigenvalue weighted by Gasteiger charge is 2.48. The third kappa shape index (κ3) is 6.07. The van der Waals surface area contributed by atoms with Gasteiger partial charge in [-0.2, -0.15) is 13.5 Å². The summed E-state index contributed by atoms with van der Waals surface area (Å²) >= 11 is 1.98. The topological polar surface area (TPSA) is 12.9 Å². The lowest BCUT2D eigenvalue weighted by Gasteiger charge is -2.35. The molecule has 7 aromatic carbocycles. The SMILES string of the molecule is Cc1cc(C)c2sc3cc4c5c([n+]6c7ccccc7n(-c7c(C(C)C)cc(-c8ccccc8)cc7C(C)C)c6c4cc3c2c1)CC1C(C5)c2ccc3ccccc3c2-c2ccc([Si](C)(C)C)c[n+]21. The van der Waals surface area contributed by atoms with Gasteiger partial charge < -0.3 is 0 Å². The Morgan fingerprint density at radius 3 is 2.15 bits per heavy atom. The van der Waals surface area contributed by atoms with E-state index in [-0.39, 0.29) is 6.04 Å². The lowest BCUT2D eigenvalue weighted by molar-refractivity contribution is -0.720. The minimum Gasteiger partial charge on any atom is -0.195 e. The van der Waals surface area contributed by atoms with Crippen LogP contribution in [-0.2, 0) is 12.8 Å². The molecular formula is C63H59N3SSi+2. The monoisotopic (exact) mass is 917 g/mol. The van der Waals surface area contributed by atoms with Gasteiger partial charge in [0.2, 0.25) is 5.69 Å². The number of nitrogens with zero attached hydrogens (tertiary/aromatic N) is 3. The third-order valence-electron chi connectivity index (χ3n) is 15.9. The summed E-state index contributed by atoms with van der Waals surface area (Å²) in [7, 11) is -1.65. The van der Waals surface area contributed by atoms with E-state index < -0.39 is 8.07 Å². The number of aromatic nitrogens is 3. The third-order valence-corrected chi connectivity index (χ3v) is 19.2. The first-order chi connectivity index (χ1) is 32.8.